The Bertz CT molecular complexity index is 510. The normalized spacial score (nSPS) is 21.4. The van der Waals surface area contributed by atoms with Crippen molar-refractivity contribution >= 4 is 11.6 Å². The molecule has 1 aliphatic rings. The zero-order chi connectivity index (χ0) is 15.9. The van der Waals surface area contributed by atoms with Gasteiger partial charge in [-0.1, -0.05) is 6.42 Å². The van der Waals surface area contributed by atoms with Crippen LogP contribution >= 0.6 is 0 Å². The van der Waals surface area contributed by atoms with E-state index in [-0.39, 0.29) is 30.2 Å². The first kappa shape index (κ1) is 16.7. The standard InChI is InChI=1S/C16H23FN2O3/c1-21-7-8-22-15-6-5-13(10-14(15)17)19-16(20)11-3-2-4-12(18)9-11/h5-6,10-12H,2-4,7-9,18H2,1H3,(H,19,20). The smallest absolute Gasteiger partial charge is 0.227 e. The summed E-state index contributed by atoms with van der Waals surface area (Å²) in [6.45, 7) is 0.666. The fourth-order valence-electron chi connectivity index (χ4n) is 2.64. The van der Waals surface area contributed by atoms with Gasteiger partial charge in [-0.25, -0.2) is 4.39 Å². The van der Waals surface area contributed by atoms with Crippen molar-refractivity contribution in [1.29, 1.82) is 0 Å². The van der Waals surface area contributed by atoms with Crippen LogP contribution in [0.25, 0.3) is 0 Å². The molecule has 1 aromatic carbocycles. The van der Waals surface area contributed by atoms with Gasteiger partial charge in [-0.15, -0.1) is 0 Å². The summed E-state index contributed by atoms with van der Waals surface area (Å²) in [5, 5.41) is 2.75. The van der Waals surface area contributed by atoms with Crippen LogP contribution in [0.1, 0.15) is 25.7 Å². The van der Waals surface area contributed by atoms with E-state index in [1.165, 1.54) is 12.1 Å². The Labute approximate surface area is 130 Å². The van der Waals surface area contributed by atoms with Crippen molar-refractivity contribution in [3.8, 4) is 5.75 Å². The highest BCUT2D eigenvalue weighted by Gasteiger charge is 2.25. The van der Waals surface area contributed by atoms with Crippen LogP contribution in [-0.4, -0.2) is 32.3 Å². The number of methoxy groups -OCH3 is 1. The fourth-order valence-corrected chi connectivity index (χ4v) is 2.64. The van der Waals surface area contributed by atoms with Gasteiger partial charge in [0.15, 0.2) is 11.6 Å². The van der Waals surface area contributed by atoms with Crippen LogP contribution in [0.4, 0.5) is 10.1 Å². The summed E-state index contributed by atoms with van der Waals surface area (Å²) in [4.78, 5) is 12.2. The van der Waals surface area contributed by atoms with Crippen molar-refractivity contribution in [3.05, 3.63) is 24.0 Å². The summed E-state index contributed by atoms with van der Waals surface area (Å²) in [5.74, 6) is -0.545. The van der Waals surface area contributed by atoms with E-state index in [9.17, 15) is 9.18 Å². The van der Waals surface area contributed by atoms with Crippen LogP contribution in [0.3, 0.4) is 0 Å². The SMILES string of the molecule is COCCOc1ccc(NC(=O)C2CCCC(N)C2)cc1F. The number of ether oxygens (including phenoxy) is 2. The molecule has 2 rings (SSSR count). The largest absolute Gasteiger partial charge is 0.488 e. The van der Waals surface area contributed by atoms with Crippen molar-refractivity contribution in [2.45, 2.75) is 31.7 Å². The molecule has 0 bridgehead atoms. The molecule has 122 valence electrons. The number of halogens is 1. The summed E-state index contributed by atoms with van der Waals surface area (Å²) in [6.07, 6.45) is 3.44. The quantitative estimate of drug-likeness (QED) is 0.791. The van der Waals surface area contributed by atoms with E-state index in [4.69, 9.17) is 15.2 Å². The molecule has 2 unspecified atom stereocenters. The van der Waals surface area contributed by atoms with Crippen LogP contribution in [0.5, 0.6) is 5.75 Å². The molecule has 2 atom stereocenters. The first-order valence-corrected chi connectivity index (χ1v) is 7.58. The first-order chi connectivity index (χ1) is 10.6. The third kappa shape index (κ3) is 4.68. The second-order valence-corrected chi connectivity index (χ2v) is 5.60. The molecule has 1 aromatic rings. The summed E-state index contributed by atoms with van der Waals surface area (Å²) in [7, 11) is 1.55. The average molecular weight is 310 g/mol. The minimum Gasteiger partial charge on any atom is -0.488 e. The Morgan fingerprint density at radius 3 is 2.91 bits per heavy atom. The van der Waals surface area contributed by atoms with Gasteiger partial charge in [-0.05, 0) is 31.4 Å². The van der Waals surface area contributed by atoms with Crippen LogP contribution in [0.2, 0.25) is 0 Å². The summed E-state index contributed by atoms with van der Waals surface area (Å²) < 4.78 is 24.0. The third-order valence-corrected chi connectivity index (χ3v) is 3.83. The molecule has 1 aliphatic carbocycles. The lowest BCUT2D eigenvalue weighted by Gasteiger charge is -2.25. The van der Waals surface area contributed by atoms with Gasteiger partial charge >= 0.3 is 0 Å². The molecule has 0 heterocycles. The van der Waals surface area contributed by atoms with Crippen molar-refractivity contribution in [1.82, 2.24) is 0 Å². The second-order valence-electron chi connectivity index (χ2n) is 5.60. The molecule has 0 aromatic heterocycles. The minimum absolute atomic E-state index is 0.0813. The average Bonchev–Trinajstić information content (AvgIpc) is 2.49. The van der Waals surface area contributed by atoms with E-state index in [0.29, 0.717) is 18.7 Å². The molecule has 1 amide bonds. The van der Waals surface area contributed by atoms with Gasteiger partial charge in [-0.3, -0.25) is 4.79 Å². The number of nitrogens with two attached hydrogens (primary N) is 1. The van der Waals surface area contributed by atoms with Crippen molar-refractivity contribution in [2.75, 3.05) is 25.6 Å². The van der Waals surface area contributed by atoms with E-state index in [1.807, 2.05) is 0 Å². The zero-order valence-corrected chi connectivity index (χ0v) is 12.8. The van der Waals surface area contributed by atoms with Crippen LogP contribution in [0.15, 0.2) is 18.2 Å². The molecule has 22 heavy (non-hydrogen) atoms. The number of carbonyl (C=O) groups is 1. The number of nitrogens with one attached hydrogen (secondary N) is 1. The molecule has 0 aliphatic heterocycles. The molecule has 0 saturated heterocycles. The Morgan fingerprint density at radius 2 is 2.23 bits per heavy atom. The molecule has 1 fully saturated rings. The lowest BCUT2D eigenvalue weighted by atomic mass is 9.85. The maximum atomic E-state index is 13.9. The summed E-state index contributed by atoms with van der Waals surface area (Å²) >= 11 is 0. The number of hydrogen-bond donors (Lipinski definition) is 2. The van der Waals surface area contributed by atoms with E-state index < -0.39 is 5.82 Å². The predicted molar refractivity (Wildman–Crippen MR) is 82.3 cm³/mol. The third-order valence-electron chi connectivity index (χ3n) is 3.83. The van der Waals surface area contributed by atoms with E-state index in [2.05, 4.69) is 5.32 Å². The number of benzene rings is 1. The topological polar surface area (TPSA) is 73.6 Å². The molecule has 1 saturated carbocycles. The number of carbonyl (C=O) groups excluding carboxylic acids is 1. The summed E-state index contributed by atoms with van der Waals surface area (Å²) in [5.41, 5.74) is 6.32. The maximum Gasteiger partial charge on any atom is 0.227 e. The Hall–Kier alpha value is -1.66. The van der Waals surface area contributed by atoms with Gasteiger partial charge in [0.25, 0.3) is 0 Å². The first-order valence-electron chi connectivity index (χ1n) is 7.58. The van der Waals surface area contributed by atoms with E-state index in [1.54, 1.807) is 13.2 Å². The molecule has 0 radical (unpaired) electrons. The Balaban J connectivity index is 1.92. The molecule has 5 nitrogen and oxygen atoms in total. The highest BCUT2D eigenvalue weighted by molar-refractivity contribution is 5.92. The number of amides is 1. The maximum absolute atomic E-state index is 13.9. The van der Waals surface area contributed by atoms with Crippen molar-refractivity contribution < 1.29 is 18.7 Å². The van der Waals surface area contributed by atoms with Gasteiger partial charge in [0, 0.05) is 30.8 Å². The number of hydrogen-bond acceptors (Lipinski definition) is 4. The van der Waals surface area contributed by atoms with Gasteiger partial charge in [0.1, 0.15) is 6.61 Å². The highest BCUT2D eigenvalue weighted by Crippen LogP contribution is 2.26. The van der Waals surface area contributed by atoms with Crippen molar-refractivity contribution in [2.24, 2.45) is 11.7 Å². The van der Waals surface area contributed by atoms with E-state index in [0.717, 1.165) is 19.3 Å². The van der Waals surface area contributed by atoms with Gasteiger partial charge in [0.2, 0.25) is 5.91 Å². The molecular weight excluding hydrogens is 287 g/mol. The summed E-state index contributed by atoms with van der Waals surface area (Å²) in [6, 6.07) is 4.49. The molecule has 6 heteroatoms. The number of anilines is 1. The van der Waals surface area contributed by atoms with Gasteiger partial charge in [-0.2, -0.15) is 0 Å². The van der Waals surface area contributed by atoms with Crippen LogP contribution in [-0.2, 0) is 9.53 Å². The fraction of sp³-hybridized carbons (Fsp3) is 0.562. The lowest BCUT2D eigenvalue weighted by molar-refractivity contribution is -0.120. The van der Waals surface area contributed by atoms with Crippen LogP contribution < -0.4 is 15.8 Å². The van der Waals surface area contributed by atoms with Crippen LogP contribution in [0, 0.1) is 11.7 Å². The van der Waals surface area contributed by atoms with E-state index >= 15 is 0 Å². The second kappa shape index (κ2) is 8.10. The monoisotopic (exact) mass is 310 g/mol. The molecule has 0 spiro atoms. The minimum atomic E-state index is -0.505. The predicted octanol–water partition coefficient (Wildman–Crippen LogP) is 2.31. The lowest BCUT2D eigenvalue weighted by Crippen LogP contribution is -2.34. The van der Waals surface area contributed by atoms with Crippen molar-refractivity contribution in [3.63, 3.8) is 0 Å². The Morgan fingerprint density at radius 1 is 1.41 bits per heavy atom. The molecular formula is C16H23FN2O3. The highest BCUT2D eigenvalue weighted by atomic mass is 19.1. The van der Waals surface area contributed by atoms with Gasteiger partial charge in [0.05, 0.1) is 6.61 Å². The zero-order valence-electron chi connectivity index (χ0n) is 12.8. The Kier molecular flexibility index (Phi) is 6.15. The molecule has 3 N–H and O–H groups in total. The van der Waals surface area contributed by atoms with Gasteiger partial charge < -0.3 is 20.5 Å². The number of rotatable bonds is 6.